The highest BCUT2D eigenvalue weighted by Gasteiger charge is 2.20. The molecule has 0 aliphatic carbocycles. The fourth-order valence-corrected chi connectivity index (χ4v) is 1.64. The van der Waals surface area contributed by atoms with Gasteiger partial charge in [-0.3, -0.25) is 0 Å². The van der Waals surface area contributed by atoms with Gasteiger partial charge in [-0.25, -0.2) is 0 Å². The van der Waals surface area contributed by atoms with Gasteiger partial charge >= 0.3 is 6.61 Å². The molecule has 2 nitrogen and oxygen atoms in total. The van der Waals surface area contributed by atoms with Crippen LogP contribution in [0.15, 0.2) is 0 Å². The van der Waals surface area contributed by atoms with Crippen LogP contribution in [0.4, 0.5) is 8.78 Å². The average Bonchev–Trinajstić information content (AvgIpc) is 2.36. The lowest BCUT2D eigenvalue weighted by atomic mass is 10.2. The number of halogens is 2. The van der Waals surface area contributed by atoms with Gasteiger partial charge in [-0.2, -0.15) is 8.78 Å². The first-order valence-electron chi connectivity index (χ1n) is 4.30. The van der Waals surface area contributed by atoms with E-state index in [4.69, 9.17) is 0 Å². The largest absolute Gasteiger partial charge is 0.345 e. The van der Waals surface area contributed by atoms with Crippen molar-refractivity contribution < 1.29 is 13.5 Å². The molecule has 1 rings (SSSR count). The van der Waals surface area contributed by atoms with Crippen LogP contribution in [0.2, 0.25) is 0 Å². The third-order valence-electron chi connectivity index (χ3n) is 2.37. The van der Waals surface area contributed by atoms with Crippen LogP contribution < -0.4 is 0 Å². The van der Waals surface area contributed by atoms with Gasteiger partial charge in [0.05, 0.1) is 6.61 Å². The molecule has 4 heteroatoms. The third kappa shape index (κ3) is 3.03. The minimum Gasteiger partial charge on any atom is -0.323 e. The fourth-order valence-electron chi connectivity index (χ4n) is 1.64. The summed E-state index contributed by atoms with van der Waals surface area (Å²) in [5.41, 5.74) is 0. The van der Waals surface area contributed by atoms with Crippen molar-refractivity contribution >= 4 is 0 Å². The minimum absolute atomic E-state index is 0.173. The first-order valence-corrected chi connectivity index (χ1v) is 4.30. The summed E-state index contributed by atoms with van der Waals surface area (Å²) in [6.07, 6.45) is 3.01. The van der Waals surface area contributed by atoms with E-state index in [9.17, 15) is 8.78 Å². The second kappa shape index (κ2) is 4.72. The Labute approximate surface area is 71.5 Å². The summed E-state index contributed by atoms with van der Waals surface area (Å²) < 4.78 is 27.3. The van der Waals surface area contributed by atoms with Gasteiger partial charge in [-0.1, -0.05) is 0 Å². The summed E-state index contributed by atoms with van der Waals surface area (Å²) in [6, 6.07) is 0.448. The van der Waals surface area contributed by atoms with Crippen molar-refractivity contribution in [1.29, 1.82) is 0 Å². The van der Waals surface area contributed by atoms with E-state index in [1.165, 1.54) is 6.42 Å². The maximum Gasteiger partial charge on any atom is 0.345 e. The van der Waals surface area contributed by atoms with E-state index < -0.39 is 6.61 Å². The van der Waals surface area contributed by atoms with Gasteiger partial charge in [0.2, 0.25) is 0 Å². The molecule has 1 unspecified atom stereocenters. The summed E-state index contributed by atoms with van der Waals surface area (Å²) in [4.78, 5) is 2.20. The van der Waals surface area contributed by atoms with E-state index in [0.29, 0.717) is 6.04 Å². The van der Waals surface area contributed by atoms with Crippen LogP contribution in [0, 0.1) is 0 Å². The Bertz CT molecular complexity index is 132. The number of likely N-dealkylation sites (tertiary alicyclic amines) is 1. The highest BCUT2D eigenvalue weighted by atomic mass is 19.3. The monoisotopic (exact) mass is 179 g/mol. The molecule has 0 amide bonds. The molecular weight excluding hydrogens is 164 g/mol. The molecule has 0 spiro atoms. The molecule has 12 heavy (non-hydrogen) atoms. The van der Waals surface area contributed by atoms with Crippen LogP contribution in [-0.2, 0) is 4.74 Å². The molecule has 0 N–H and O–H groups in total. The van der Waals surface area contributed by atoms with E-state index in [1.807, 2.05) is 7.05 Å². The maximum atomic E-state index is 11.6. The van der Waals surface area contributed by atoms with Crippen LogP contribution in [0.3, 0.4) is 0 Å². The van der Waals surface area contributed by atoms with Crippen molar-refractivity contribution in [3.8, 4) is 0 Å². The Morgan fingerprint density at radius 2 is 2.33 bits per heavy atom. The van der Waals surface area contributed by atoms with Gasteiger partial charge in [0, 0.05) is 6.04 Å². The van der Waals surface area contributed by atoms with Crippen LogP contribution in [0.25, 0.3) is 0 Å². The topological polar surface area (TPSA) is 12.5 Å². The first kappa shape index (κ1) is 9.86. The predicted octanol–water partition coefficient (Wildman–Crippen LogP) is 1.71. The van der Waals surface area contributed by atoms with E-state index >= 15 is 0 Å². The lowest BCUT2D eigenvalue weighted by Crippen LogP contribution is -2.26. The third-order valence-corrected chi connectivity index (χ3v) is 2.37. The van der Waals surface area contributed by atoms with Crippen molar-refractivity contribution in [3.63, 3.8) is 0 Å². The maximum absolute atomic E-state index is 11.6. The Morgan fingerprint density at radius 3 is 2.83 bits per heavy atom. The number of nitrogens with zero attached hydrogens (tertiary/aromatic N) is 1. The lowest BCUT2D eigenvalue weighted by Gasteiger charge is -2.18. The standard InChI is InChI=1S/C8H15F2NO/c1-11-5-2-3-7(11)4-6-12-8(9)10/h7-8H,2-6H2,1H3. The average molecular weight is 179 g/mol. The molecular formula is C8H15F2NO. The highest BCUT2D eigenvalue weighted by Crippen LogP contribution is 2.17. The van der Waals surface area contributed by atoms with Gasteiger partial charge in [-0.15, -0.1) is 0 Å². The van der Waals surface area contributed by atoms with Crippen LogP contribution in [0.5, 0.6) is 0 Å². The zero-order valence-electron chi connectivity index (χ0n) is 7.30. The SMILES string of the molecule is CN1CCCC1CCOC(F)F. The molecule has 0 aromatic carbocycles. The number of alkyl halides is 2. The second-order valence-corrected chi connectivity index (χ2v) is 3.20. The molecule has 0 aromatic heterocycles. The first-order chi connectivity index (χ1) is 5.70. The number of ether oxygens (including phenoxy) is 1. The molecule has 0 saturated carbocycles. The zero-order valence-corrected chi connectivity index (χ0v) is 7.30. The van der Waals surface area contributed by atoms with Crippen molar-refractivity contribution in [2.75, 3.05) is 20.2 Å². The van der Waals surface area contributed by atoms with Crippen molar-refractivity contribution in [1.82, 2.24) is 4.90 Å². The number of hydrogen-bond donors (Lipinski definition) is 0. The summed E-state index contributed by atoms with van der Waals surface area (Å²) in [7, 11) is 2.03. The summed E-state index contributed by atoms with van der Waals surface area (Å²) in [5, 5.41) is 0. The van der Waals surface area contributed by atoms with Crippen molar-refractivity contribution in [2.45, 2.75) is 31.9 Å². The summed E-state index contributed by atoms with van der Waals surface area (Å²) in [5.74, 6) is 0. The quantitative estimate of drug-likeness (QED) is 0.651. The van der Waals surface area contributed by atoms with Crippen LogP contribution in [0.1, 0.15) is 19.3 Å². The number of hydrogen-bond acceptors (Lipinski definition) is 2. The Kier molecular flexibility index (Phi) is 3.88. The zero-order chi connectivity index (χ0) is 8.97. The Balaban J connectivity index is 2.06. The Hall–Kier alpha value is -0.220. The molecule has 72 valence electrons. The minimum atomic E-state index is -2.61. The van der Waals surface area contributed by atoms with Crippen LogP contribution in [-0.4, -0.2) is 37.8 Å². The van der Waals surface area contributed by atoms with E-state index in [1.54, 1.807) is 0 Å². The van der Waals surface area contributed by atoms with Gasteiger partial charge in [0.25, 0.3) is 0 Å². The fraction of sp³-hybridized carbons (Fsp3) is 1.00. The molecule has 1 saturated heterocycles. The second-order valence-electron chi connectivity index (χ2n) is 3.20. The molecule has 0 bridgehead atoms. The van der Waals surface area contributed by atoms with E-state index in [0.717, 1.165) is 19.4 Å². The lowest BCUT2D eigenvalue weighted by molar-refractivity contribution is -0.131. The van der Waals surface area contributed by atoms with Gasteiger partial charge < -0.3 is 9.64 Å². The molecule has 1 heterocycles. The number of rotatable bonds is 4. The molecule has 0 radical (unpaired) electrons. The molecule has 1 aliphatic heterocycles. The van der Waals surface area contributed by atoms with Gasteiger partial charge in [0.15, 0.2) is 0 Å². The summed E-state index contributed by atoms with van der Waals surface area (Å²) >= 11 is 0. The highest BCUT2D eigenvalue weighted by molar-refractivity contribution is 4.75. The molecule has 1 aliphatic rings. The normalized spacial score (nSPS) is 25.5. The van der Waals surface area contributed by atoms with Gasteiger partial charge in [0.1, 0.15) is 0 Å². The van der Waals surface area contributed by atoms with Crippen LogP contribution >= 0.6 is 0 Å². The predicted molar refractivity (Wildman–Crippen MR) is 42.2 cm³/mol. The van der Waals surface area contributed by atoms with E-state index in [-0.39, 0.29) is 6.61 Å². The van der Waals surface area contributed by atoms with Gasteiger partial charge in [-0.05, 0) is 32.9 Å². The molecule has 1 fully saturated rings. The molecule has 0 aromatic rings. The summed E-state index contributed by atoms with van der Waals surface area (Å²) in [6.45, 7) is -1.36. The van der Waals surface area contributed by atoms with Crippen molar-refractivity contribution in [2.24, 2.45) is 0 Å². The van der Waals surface area contributed by atoms with E-state index in [2.05, 4.69) is 9.64 Å². The molecule has 1 atom stereocenters. The Morgan fingerprint density at radius 1 is 1.58 bits per heavy atom. The van der Waals surface area contributed by atoms with Crippen molar-refractivity contribution in [3.05, 3.63) is 0 Å². The smallest absolute Gasteiger partial charge is 0.323 e.